The van der Waals surface area contributed by atoms with Gasteiger partial charge in [0.05, 0.1) is 6.54 Å². The molecule has 0 aliphatic carbocycles. The van der Waals surface area contributed by atoms with E-state index in [2.05, 4.69) is 4.72 Å². The zero-order valence-corrected chi connectivity index (χ0v) is 17.1. The summed E-state index contributed by atoms with van der Waals surface area (Å²) in [6.07, 6.45) is 0. The Hall–Kier alpha value is -2.32. The van der Waals surface area contributed by atoms with Crippen LogP contribution in [0.15, 0.2) is 45.9 Å². The van der Waals surface area contributed by atoms with Crippen molar-refractivity contribution in [1.29, 1.82) is 0 Å². The Morgan fingerprint density at radius 3 is 2.37 bits per heavy atom. The number of ether oxygens (including phenoxy) is 1. The number of nitrogens with zero attached hydrogens (tertiary/aromatic N) is 1. The van der Waals surface area contributed by atoms with E-state index in [4.69, 9.17) is 9.15 Å². The summed E-state index contributed by atoms with van der Waals surface area (Å²) in [5, 5.41) is -0.287. The SMILES string of the molecule is Cc1ccc(OCCN(C)C(=O)c2ccc(S(=O)(=O)NC(C)(C)C)o2)cc1. The molecule has 0 radical (unpaired) electrons. The van der Waals surface area contributed by atoms with E-state index in [1.807, 2.05) is 31.2 Å². The van der Waals surface area contributed by atoms with Gasteiger partial charge in [0.1, 0.15) is 12.4 Å². The number of benzene rings is 1. The predicted octanol–water partition coefficient (Wildman–Crippen LogP) is 2.82. The summed E-state index contributed by atoms with van der Waals surface area (Å²) in [5.41, 5.74) is 0.485. The van der Waals surface area contributed by atoms with E-state index < -0.39 is 21.5 Å². The molecular weight excluding hydrogens is 368 g/mol. The molecule has 0 spiro atoms. The van der Waals surface area contributed by atoms with Gasteiger partial charge in [-0.1, -0.05) is 17.7 Å². The highest BCUT2D eigenvalue weighted by Gasteiger charge is 2.26. The fourth-order valence-corrected chi connectivity index (χ4v) is 3.61. The van der Waals surface area contributed by atoms with E-state index in [9.17, 15) is 13.2 Å². The molecule has 1 N–H and O–H groups in total. The molecule has 0 aliphatic rings. The van der Waals surface area contributed by atoms with Gasteiger partial charge < -0.3 is 14.1 Å². The van der Waals surface area contributed by atoms with E-state index in [1.54, 1.807) is 27.8 Å². The Kier molecular flexibility index (Phi) is 6.33. The minimum absolute atomic E-state index is 0.0397. The van der Waals surface area contributed by atoms with Gasteiger partial charge in [0.25, 0.3) is 15.9 Å². The number of nitrogens with one attached hydrogen (secondary N) is 1. The molecule has 0 saturated heterocycles. The topological polar surface area (TPSA) is 88.8 Å². The van der Waals surface area contributed by atoms with Crippen molar-refractivity contribution in [2.75, 3.05) is 20.2 Å². The summed E-state index contributed by atoms with van der Waals surface area (Å²) in [6, 6.07) is 10.3. The van der Waals surface area contributed by atoms with Crippen LogP contribution in [0.25, 0.3) is 0 Å². The van der Waals surface area contributed by atoms with Crippen LogP contribution in [0.5, 0.6) is 5.75 Å². The fraction of sp³-hybridized carbons (Fsp3) is 0.421. The highest BCUT2D eigenvalue weighted by molar-refractivity contribution is 7.89. The first kappa shape index (κ1) is 21.0. The second-order valence-corrected chi connectivity index (χ2v) is 8.98. The molecule has 2 aromatic rings. The third-order valence-corrected chi connectivity index (χ3v) is 5.19. The molecule has 0 unspecified atom stereocenters. The summed E-state index contributed by atoms with van der Waals surface area (Å²) in [7, 11) is -2.22. The van der Waals surface area contributed by atoms with Crippen LogP contribution in [0.4, 0.5) is 0 Å². The number of likely N-dealkylation sites (N-methyl/N-ethyl adjacent to an activating group) is 1. The second-order valence-electron chi connectivity index (χ2n) is 7.36. The van der Waals surface area contributed by atoms with Crippen LogP contribution < -0.4 is 9.46 Å². The first-order chi connectivity index (χ1) is 12.5. The van der Waals surface area contributed by atoms with Crippen molar-refractivity contribution < 1.29 is 22.4 Å². The molecule has 2 rings (SSSR count). The van der Waals surface area contributed by atoms with Crippen molar-refractivity contribution in [3.05, 3.63) is 47.7 Å². The van der Waals surface area contributed by atoms with Crippen molar-refractivity contribution in [2.24, 2.45) is 0 Å². The molecule has 1 aromatic heterocycles. The summed E-state index contributed by atoms with van der Waals surface area (Å²) in [4.78, 5) is 13.8. The van der Waals surface area contributed by atoms with E-state index in [-0.39, 0.29) is 10.9 Å². The second kappa shape index (κ2) is 8.14. The Morgan fingerprint density at radius 1 is 1.15 bits per heavy atom. The molecule has 0 atom stereocenters. The fourth-order valence-electron chi connectivity index (χ4n) is 2.26. The minimum atomic E-state index is -3.82. The van der Waals surface area contributed by atoms with Crippen LogP contribution in [0.1, 0.15) is 36.9 Å². The number of aryl methyl sites for hydroxylation is 1. The van der Waals surface area contributed by atoms with Gasteiger partial charge >= 0.3 is 0 Å². The highest BCUT2D eigenvalue weighted by Crippen LogP contribution is 2.17. The van der Waals surface area contributed by atoms with E-state index >= 15 is 0 Å². The maximum atomic E-state index is 12.4. The number of amides is 1. The number of furan rings is 1. The number of sulfonamides is 1. The van der Waals surface area contributed by atoms with Crippen LogP contribution >= 0.6 is 0 Å². The molecule has 0 aliphatic heterocycles. The van der Waals surface area contributed by atoms with Crippen LogP contribution in [-0.2, 0) is 10.0 Å². The number of carbonyl (C=O) groups excluding carboxylic acids is 1. The number of carbonyl (C=O) groups is 1. The number of rotatable bonds is 7. The first-order valence-corrected chi connectivity index (χ1v) is 10.0. The van der Waals surface area contributed by atoms with Gasteiger partial charge in [-0.25, -0.2) is 13.1 Å². The van der Waals surface area contributed by atoms with Gasteiger partial charge in [0, 0.05) is 12.6 Å². The lowest BCUT2D eigenvalue weighted by Crippen LogP contribution is -2.40. The zero-order valence-electron chi connectivity index (χ0n) is 16.3. The molecule has 0 fully saturated rings. The third kappa shape index (κ3) is 6.11. The molecule has 148 valence electrons. The van der Waals surface area contributed by atoms with Gasteiger partial charge in [-0.15, -0.1) is 0 Å². The summed E-state index contributed by atoms with van der Waals surface area (Å²) in [6.45, 7) is 7.80. The van der Waals surface area contributed by atoms with E-state index in [0.29, 0.717) is 13.2 Å². The summed E-state index contributed by atoms with van der Waals surface area (Å²) >= 11 is 0. The first-order valence-electron chi connectivity index (χ1n) is 8.57. The lowest BCUT2D eigenvalue weighted by atomic mass is 10.1. The van der Waals surface area contributed by atoms with Crippen molar-refractivity contribution in [3.63, 3.8) is 0 Å². The summed E-state index contributed by atoms with van der Waals surface area (Å²) < 4.78 is 37.9. The monoisotopic (exact) mass is 394 g/mol. The molecule has 1 heterocycles. The number of hydrogen-bond donors (Lipinski definition) is 1. The zero-order chi connectivity index (χ0) is 20.2. The van der Waals surface area contributed by atoms with Gasteiger partial charge in [0.2, 0.25) is 5.09 Å². The van der Waals surface area contributed by atoms with E-state index in [0.717, 1.165) is 11.3 Å². The maximum absolute atomic E-state index is 12.4. The smallest absolute Gasteiger partial charge is 0.289 e. The van der Waals surface area contributed by atoms with Crippen molar-refractivity contribution in [2.45, 2.75) is 38.3 Å². The molecule has 0 bridgehead atoms. The van der Waals surface area contributed by atoms with Gasteiger partial charge in [-0.05, 0) is 52.0 Å². The molecule has 7 nitrogen and oxygen atoms in total. The van der Waals surface area contributed by atoms with Crippen molar-refractivity contribution >= 4 is 15.9 Å². The van der Waals surface area contributed by atoms with Crippen LogP contribution in [-0.4, -0.2) is 45.0 Å². The lowest BCUT2D eigenvalue weighted by Gasteiger charge is -2.19. The van der Waals surface area contributed by atoms with Crippen molar-refractivity contribution in [1.82, 2.24) is 9.62 Å². The highest BCUT2D eigenvalue weighted by atomic mass is 32.2. The Labute approximate surface area is 160 Å². The van der Waals surface area contributed by atoms with Gasteiger partial charge in [-0.2, -0.15) is 0 Å². The normalized spacial score (nSPS) is 12.0. The molecule has 27 heavy (non-hydrogen) atoms. The third-order valence-electron chi connectivity index (χ3n) is 3.56. The van der Waals surface area contributed by atoms with Crippen LogP contribution in [0.2, 0.25) is 0 Å². The average molecular weight is 394 g/mol. The lowest BCUT2D eigenvalue weighted by molar-refractivity contribution is 0.0736. The molecule has 8 heteroatoms. The minimum Gasteiger partial charge on any atom is -0.492 e. The van der Waals surface area contributed by atoms with Crippen LogP contribution in [0.3, 0.4) is 0 Å². The van der Waals surface area contributed by atoms with E-state index in [1.165, 1.54) is 17.0 Å². The molecule has 1 aromatic carbocycles. The van der Waals surface area contributed by atoms with Crippen LogP contribution in [0, 0.1) is 6.92 Å². The number of hydrogen-bond acceptors (Lipinski definition) is 5. The largest absolute Gasteiger partial charge is 0.492 e. The Balaban J connectivity index is 1.95. The standard InChI is InChI=1S/C19H26N2O5S/c1-14-6-8-15(9-7-14)25-13-12-21(5)18(22)16-10-11-17(26-16)27(23,24)20-19(2,3)4/h6-11,20H,12-13H2,1-5H3. The van der Waals surface area contributed by atoms with Crippen molar-refractivity contribution in [3.8, 4) is 5.75 Å². The Bertz CT molecular complexity index is 880. The average Bonchev–Trinajstić information content (AvgIpc) is 3.04. The summed E-state index contributed by atoms with van der Waals surface area (Å²) in [5.74, 6) is 0.267. The maximum Gasteiger partial charge on any atom is 0.289 e. The van der Waals surface area contributed by atoms with Gasteiger partial charge in [-0.3, -0.25) is 4.79 Å². The quantitative estimate of drug-likeness (QED) is 0.780. The molecule has 1 amide bonds. The predicted molar refractivity (Wildman–Crippen MR) is 102 cm³/mol. The molecule has 0 saturated carbocycles. The Morgan fingerprint density at radius 2 is 1.78 bits per heavy atom. The van der Waals surface area contributed by atoms with Gasteiger partial charge in [0.15, 0.2) is 5.76 Å². The molecular formula is C19H26N2O5S.